The summed E-state index contributed by atoms with van der Waals surface area (Å²) in [5.41, 5.74) is 3.10. The van der Waals surface area contributed by atoms with Crippen LogP contribution in [0.2, 0.25) is 0 Å². The van der Waals surface area contributed by atoms with Gasteiger partial charge in [0, 0.05) is 25.4 Å². The first-order valence-corrected chi connectivity index (χ1v) is 9.42. The smallest absolute Gasteiger partial charge is 0.257 e. The van der Waals surface area contributed by atoms with Gasteiger partial charge >= 0.3 is 0 Å². The number of aromatic nitrogens is 1. The molecule has 1 heterocycles. The Bertz CT molecular complexity index is 961. The second-order valence-electron chi connectivity index (χ2n) is 6.45. The minimum Gasteiger partial charge on any atom is -0.497 e. The fourth-order valence-electron chi connectivity index (χ4n) is 3.02. The minimum atomic E-state index is -0.262. The van der Waals surface area contributed by atoms with Crippen molar-refractivity contribution in [1.82, 2.24) is 4.98 Å². The first kappa shape index (κ1) is 20.2. The van der Waals surface area contributed by atoms with Crippen LogP contribution in [0.1, 0.15) is 22.8 Å². The molecule has 0 aliphatic rings. The summed E-state index contributed by atoms with van der Waals surface area (Å²) in [6, 6.07) is 17.3. The van der Waals surface area contributed by atoms with Crippen molar-refractivity contribution >= 4 is 17.3 Å². The Balaban J connectivity index is 1.80. The number of carbonyl (C=O) groups is 1. The van der Waals surface area contributed by atoms with E-state index < -0.39 is 0 Å². The van der Waals surface area contributed by atoms with Gasteiger partial charge in [0.25, 0.3) is 5.91 Å². The highest BCUT2D eigenvalue weighted by molar-refractivity contribution is 6.05. The molecule has 0 unspecified atom stereocenters. The van der Waals surface area contributed by atoms with Gasteiger partial charge in [0.15, 0.2) is 0 Å². The van der Waals surface area contributed by atoms with Gasteiger partial charge in [0.05, 0.1) is 37.4 Å². The molecule has 0 atom stereocenters. The summed E-state index contributed by atoms with van der Waals surface area (Å²) < 4.78 is 10.6. The third-order valence-electron chi connectivity index (χ3n) is 4.60. The third kappa shape index (κ3) is 5.04. The summed E-state index contributed by atoms with van der Waals surface area (Å²) in [5.74, 6) is 0.928. The zero-order chi connectivity index (χ0) is 20.6. The summed E-state index contributed by atoms with van der Waals surface area (Å²) in [7, 11) is 3.13. The molecule has 1 N–H and O–H groups in total. The van der Waals surface area contributed by atoms with Crippen LogP contribution >= 0.6 is 0 Å². The van der Waals surface area contributed by atoms with E-state index in [9.17, 15) is 4.79 Å². The largest absolute Gasteiger partial charge is 0.497 e. The molecule has 150 valence electrons. The number of methoxy groups -OCH3 is 2. The lowest BCUT2D eigenvalue weighted by atomic mass is 10.2. The molecule has 29 heavy (non-hydrogen) atoms. The van der Waals surface area contributed by atoms with Crippen LogP contribution < -0.4 is 19.7 Å². The maximum absolute atomic E-state index is 12.8. The van der Waals surface area contributed by atoms with Crippen LogP contribution in [-0.2, 0) is 6.54 Å². The van der Waals surface area contributed by atoms with E-state index >= 15 is 0 Å². The number of nitrogens with one attached hydrogen (secondary N) is 1. The second kappa shape index (κ2) is 9.59. The van der Waals surface area contributed by atoms with E-state index in [-0.39, 0.29) is 5.91 Å². The highest BCUT2D eigenvalue weighted by Gasteiger charge is 2.14. The number of hydrogen-bond donors (Lipinski definition) is 1. The molecule has 6 heteroatoms. The zero-order valence-corrected chi connectivity index (χ0v) is 16.9. The Kier molecular flexibility index (Phi) is 6.68. The van der Waals surface area contributed by atoms with Crippen LogP contribution in [0.5, 0.6) is 11.5 Å². The summed E-state index contributed by atoms with van der Waals surface area (Å²) >= 11 is 0. The normalized spacial score (nSPS) is 10.3. The number of benzene rings is 2. The van der Waals surface area contributed by atoms with Crippen molar-refractivity contribution in [2.45, 2.75) is 13.5 Å². The molecule has 0 spiro atoms. The predicted molar refractivity (Wildman–Crippen MR) is 115 cm³/mol. The van der Waals surface area contributed by atoms with Crippen LogP contribution in [0.25, 0.3) is 0 Å². The molecule has 1 amide bonds. The molecule has 0 aliphatic carbocycles. The Labute approximate surface area is 171 Å². The number of nitrogens with zero attached hydrogens (tertiary/aromatic N) is 2. The van der Waals surface area contributed by atoms with Gasteiger partial charge in [0.1, 0.15) is 11.5 Å². The summed E-state index contributed by atoms with van der Waals surface area (Å²) in [5, 5.41) is 2.88. The summed E-state index contributed by atoms with van der Waals surface area (Å²) in [6.45, 7) is 3.62. The van der Waals surface area contributed by atoms with Crippen molar-refractivity contribution < 1.29 is 14.3 Å². The van der Waals surface area contributed by atoms with Crippen molar-refractivity contribution in [3.05, 3.63) is 78.1 Å². The Hall–Kier alpha value is -3.54. The topological polar surface area (TPSA) is 63.7 Å². The molecular weight excluding hydrogens is 366 g/mol. The number of rotatable bonds is 8. The maximum Gasteiger partial charge on any atom is 0.257 e. The van der Waals surface area contributed by atoms with Crippen LogP contribution in [0.4, 0.5) is 11.4 Å². The van der Waals surface area contributed by atoms with Crippen molar-refractivity contribution in [3.63, 3.8) is 0 Å². The van der Waals surface area contributed by atoms with Gasteiger partial charge in [-0.15, -0.1) is 0 Å². The van der Waals surface area contributed by atoms with E-state index in [0.717, 1.165) is 18.8 Å². The van der Waals surface area contributed by atoms with Crippen molar-refractivity contribution in [2.24, 2.45) is 0 Å². The van der Waals surface area contributed by atoms with E-state index in [4.69, 9.17) is 9.47 Å². The van der Waals surface area contributed by atoms with Crippen LogP contribution in [0.3, 0.4) is 0 Å². The summed E-state index contributed by atoms with van der Waals surface area (Å²) in [6.07, 6.45) is 3.33. The first-order chi connectivity index (χ1) is 14.1. The minimum absolute atomic E-state index is 0.262. The molecule has 0 radical (unpaired) electrons. The van der Waals surface area contributed by atoms with Crippen LogP contribution in [0.15, 0.2) is 67.0 Å². The van der Waals surface area contributed by atoms with Crippen LogP contribution in [-0.4, -0.2) is 31.7 Å². The van der Waals surface area contributed by atoms with E-state index in [2.05, 4.69) is 34.3 Å². The number of anilines is 2. The number of hydrogen-bond acceptors (Lipinski definition) is 5. The lowest BCUT2D eigenvalue weighted by molar-refractivity contribution is 0.102. The lowest BCUT2D eigenvalue weighted by Crippen LogP contribution is -2.23. The zero-order valence-electron chi connectivity index (χ0n) is 16.9. The highest BCUT2D eigenvalue weighted by Crippen LogP contribution is 2.29. The van der Waals surface area contributed by atoms with E-state index in [0.29, 0.717) is 22.7 Å². The van der Waals surface area contributed by atoms with E-state index in [1.54, 1.807) is 44.8 Å². The third-order valence-corrected chi connectivity index (χ3v) is 4.60. The standard InChI is InChI=1S/C23H25N3O3/c1-4-26(16-17-8-6-5-7-9-17)19-12-18(14-24-15-19)23(27)25-21-13-20(28-2)10-11-22(21)29-3/h5-15H,4,16H2,1-3H3,(H,25,27). The second-order valence-corrected chi connectivity index (χ2v) is 6.45. The van der Waals surface area contributed by atoms with Crippen molar-refractivity contribution in [2.75, 3.05) is 31.0 Å². The molecule has 0 aliphatic heterocycles. The molecule has 0 bridgehead atoms. The lowest BCUT2D eigenvalue weighted by Gasteiger charge is -2.23. The molecule has 3 rings (SSSR count). The molecule has 1 aromatic heterocycles. The van der Waals surface area contributed by atoms with Gasteiger partial charge in [-0.1, -0.05) is 30.3 Å². The molecule has 3 aromatic rings. The van der Waals surface area contributed by atoms with Crippen molar-refractivity contribution in [3.8, 4) is 11.5 Å². The molecule has 2 aromatic carbocycles. The molecule has 0 saturated heterocycles. The molecular formula is C23H25N3O3. The number of carbonyl (C=O) groups excluding carboxylic acids is 1. The van der Waals surface area contributed by atoms with Gasteiger partial charge in [-0.25, -0.2) is 0 Å². The molecule has 0 saturated carbocycles. The monoisotopic (exact) mass is 391 g/mol. The Morgan fingerprint density at radius 2 is 1.83 bits per heavy atom. The number of pyridine rings is 1. The fourth-order valence-corrected chi connectivity index (χ4v) is 3.02. The van der Waals surface area contributed by atoms with Gasteiger partial charge in [0.2, 0.25) is 0 Å². The quantitative estimate of drug-likeness (QED) is 0.617. The Morgan fingerprint density at radius 3 is 2.52 bits per heavy atom. The molecule has 6 nitrogen and oxygen atoms in total. The number of ether oxygens (including phenoxy) is 2. The van der Waals surface area contributed by atoms with Crippen molar-refractivity contribution in [1.29, 1.82) is 0 Å². The first-order valence-electron chi connectivity index (χ1n) is 9.42. The van der Waals surface area contributed by atoms with E-state index in [1.165, 1.54) is 5.56 Å². The Morgan fingerprint density at radius 1 is 1.03 bits per heavy atom. The average molecular weight is 391 g/mol. The van der Waals surface area contributed by atoms with E-state index in [1.807, 2.05) is 24.3 Å². The summed E-state index contributed by atoms with van der Waals surface area (Å²) in [4.78, 5) is 19.3. The highest BCUT2D eigenvalue weighted by atomic mass is 16.5. The van der Waals surface area contributed by atoms with Gasteiger partial charge in [-0.3, -0.25) is 9.78 Å². The fraction of sp³-hybridized carbons (Fsp3) is 0.217. The SMILES string of the molecule is CCN(Cc1ccccc1)c1cncc(C(=O)Nc2cc(OC)ccc2OC)c1. The average Bonchev–Trinajstić information content (AvgIpc) is 2.78. The maximum atomic E-state index is 12.8. The van der Waals surface area contributed by atoms with Gasteiger partial charge in [-0.2, -0.15) is 0 Å². The van der Waals surface area contributed by atoms with Crippen LogP contribution in [0, 0.1) is 0 Å². The predicted octanol–water partition coefficient (Wildman–Crippen LogP) is 4.38. The number of amides is 1. The molecule has 0 fully saturated rings. The van der Waals surface area contributed by atoms with Gasteiger partial charge < -0.3 is 19.7 Å². The van der Waals surface area contributed by atoms with Gasteiger partial charge in [-0.05, 0) is 30.7 Å².